The molecule has 3 aromatic carbocycles. The standard InChI is InChI=1S/C23H19N7O2/c1-13-25-19-9-5-8-18(23(31)32)21(19)30(13)14-10-11-16(20(12-14)24-2)15-6-3-4-7-17(15)22-26-28-29-27-22/h3-12,24H,1-2H3,(H,31,32)(H,26,27,28,29). The Labute approximate surface area is 182 Å². The highest BCUT2D eigenvalue weighted by atomic mass is 16.4. The highest BCUT2D eigenvalue weighted by molar-refractivity contribution is 6.02. The molecule has 9 heteroatoms. The van der Waals surface area contributed by atoms with Crippen LogP contribution in [-0.2, 0) is 0 Å². The summed E-state index contributed by atoms with van der Waals surface area (Å²) in [5.41, 5.74) is 5.85. The molecule has 5 aromatic rings. The van der Waals surface area contributed by atoms with E-state index in [9.17, 15) is 9.90 Å². The van der Waals surface area contributed by atoms with Crippen LogP contribution < -0.4 is 5.32 Å². The SMILES string of the molecule is CNc1cc(-n2c(C)nc3cccc(C(=O)O)c32)ccc1-c1ccccc1-c1nn[nH]n1. The summed E-state index contributed by atoms with van der Waals surface area (Å²) in [4.78, 5) is 16.4. The first-order chi connectivity index (χ1) is 15.6. The lowest BCUT2D eigenvalue weighted by Crippen LogP contribution is -2.04. The number of H-pyrrole nitrogens is 1. The van der Waals surface area contributed by atoms with Crippen molar-refractivity contribution in [3.05, 3.63) is 72.1 Å². The summed E-state index contributed by atoms with van der Waals surface area (Å²) >= 11 is 0. The van der Waals surface area contributed by atoms with Crippen molar-refractivity contribution in [2.75, 3.05) is 12.4 Å². The van der Waals surface area contributed by atoms with Crippen molar-refractivity contribution >= 4 is 22.7 Å². The van der Waals surface area contributed by atoms with Crippen molar-refractivity contribution in [2.45, 2.75) is 6.92 Å². The van der Waals surface area contributed by atoms with Crippen LogP contribution in [0.15, 0.2) is 60.7 Å². The Morgan fingerprint density at radius 1 is 1.03 bits per heavy atom. The summed E-state index contributed by atoms with van der Waals surface area (Å²) in [7, 11) is 1.85. The first-order valence-electron chi connectivity index (χ1n) is 9.95. The number of anilines is 1. The molecule has 0 fully saturated rings. The second kappa shape index (κ2) is 7.62. The molecule has 2 heterocycles. The molecule has 32 heavy (non-hydrogen) atoms. The lowest BCUT2D eigenvalue weighted by molar-refractivity contribution is 0.0698. The average molecular weight is 425 g/mol. The second-order valence-electron chi connectivity index (χ2n) is 7.23. The van der Waals surface area contributed by atoms with Crippen molar-refractivity contribution in [3.63, 3.8) is 0 Å². The molecule has 0 aliphatic heterocycles. The Hall–Kier alpha value is -4.53. The van der Waals surface area contributed by atoms with Crippen molar-refractivity contribution in [2.24, 2.45) is 0 Å². The molecular weight excluding hydrogens is 406 g/mol. The number of hydrogen-bond donors (Lipinski definition) is 3. The van der Waals surface area contributed by atoms with Crippen molar-refractivity contribution in [1.29, 1.82) is 0 Å². The molecule has 0 amide bonds. The lowest BCUT2D eigenvalue weighted by atomic mass is 9.97. The Kier molecular flexibility index (Phi) is 4.63. The Bertz CT molecular complexity index is 1460. The van der Waals surface area contributed by atoms with Crippen LogP contribution in [0.2, 0.25) is 0 Å². The normalized spacial score (nSPS) is 11.1. The van der Waals surface area contributed by atoms with Crippen LogP contribution in [-0.4, -0.2) is 48.3 Å². The van der Waals surface area contributed by atoms with Gasteiger partial charge in [-0.15, -0.1) is 10.2 Å². The van der Waals surface area contributed by atoms with Gasteiger partial charge < -0.3 is 10.4 Å². The molecule has 0 radical (unpaired) electrons. The molecule has 0 unspecified atom stereocenters. The molecule has 5 rings (SSSR count). The predicted molar refractivity (Wildman–Crippen MR) is 121 cm³/mol. The minimum Gasteiger partial charge on any atom is -0.478 e. The number of imidazole rings is 1. The fourth-order valence-corrected chi connectivity index (χ4v) is 4.03. The van der Waals surface area contributed by atoms with E-state index in [0.717, 1.165) is 28.1 Å². The van der Waals surface area contributed by atoms with E-state index in [2.05, 4.69) is 30.9 Å². The van der Waals surface area contributed by atoms with Crippen LogP contribution in [0.25, 0.3) is 39.2 Å². The van der Waals surface area contributed by atoms with Gasteiger partial charge in [0.25, 0.3) is 0 Å². The fourth-order valence-electron chi connectivity index (χ4n) is 4.03. The molecule has 0 saturated carbocycles. The number of aryl methyl sites for hydroxylation is 1. The van der Waals surface area contributed by atoms with Crippen molar-refractivity contribution < 1.29 is 9.90 Å². The number of fused-ring (bicyclic) bond motifs is 1. The minimum atomic E-state index is -0.990. The molecule has 0 saturated heterocycles. The predicted octanol–water partition coefficient (Wildman–Crippen LogP) is 3.92. The molecule has 0 atom stereocenters. The molecule has 0 bridgehead atoms. The van der Waals surface area contributed by atoms with Crippen LogP contribution in [0, 0.1) is 6.92 Å². The summed E-state index contributed by atoms with van der Waals surface area (Å²) in [6.07, 6.45) is 0. The first kappa shape index (κ1) is 19.4. The van der Waals surface area contributed by atoms with Gasteiger partial charge in [0.1, 0.15) is 5.82 Å². The van der Waals surface area contributed by atoms with Crippen LogP contribution in [0.4, 0.5) is 5.69 Å². The molecule has 0 spiro atoms. The van der Waals surface area contributed by atoms with Gasteiger partial charge in [-0.3, -0.25) is 4.57 Å². The van der Waals surface area contributed by atoms with Gasteiger partial charge in [0.15, 0.2) is 0 Å². The van der Waals surface area contributed by atoms with Crippen molar-refractivity contribution in [1.82, 2.24) is 30.2 Å². The number of rotatable bonds is 5. The van der Waals surface area contributed by atoms with Gasteiger partial charge in [0, 0.05) is 29.5 Å². The summed E-state index contributed by atoms with van der Waals surface area (Å²) in [5, 5.41) is 27.4. The largest absolute Gasteiger partial charge is 0.478 e. The van der Waals surface area contributed by atoms with E-state index in [1.807, 2.05) is 67.1 Å². The molecule has 9 nitrogen and oxygen atoms in total. The Morgan fingerprint density at radius 3 is 2.56 bits per heavy atom. The number of hydrogen-bond acceptors (Lipinski definition) is 6. The summed E-state index contributed by atoms with van der Waals surface area (Å²) in [6, 6.07) is 18.9. The van der Waals surface area contributed by atoms with E-state index >= 15 is 0 Å². The summed E-state index contributed by atoms with van der Waals surface area (Å²) in [6.45, 7) is 1.87. The maximum atomic E-state index is 11.8. The third-order valence-electron chi connectivity index (χ3n) is 5.41. The topological polar surface area (TPSA) is 122 Å². The quantitative estimate of drug-likeness (QED) is 0.390. The zero-order chi connectivity index (χ0) is 22.2. The van der Waals surface area contributed by atoms with E-state index in [1.165, 1.54) is 0 Å². The molecule has 3 N–H and O–H groups in total. The van der Waals surface area contributed by atoms with E-state index in [0.29, 0.717) is 22.7 Å². The van der Waals surface area contributed by atoms with Crippen LogP contribution in [0.1, 0.15) is 16.2 Å². The Balaban J connectivity index is 1.71. The molecular formula is C23H19N7O2. The monoisotopic (exact) mass is 425 g/mol. The Morgan fingerprint density at radius 2 is 1.84 bits per heavy atom. The van der Waals surface area contributed by atoms with Crippen LogP contribution in [0.5, 0.6) is 0 Å². The van der Waals surface area contributed by atoms with Crippen LogP contribution >= 0.6 is 0 Å². The maximum Gasteiger partial charge on any atom is 0.337 e. The third-order valence-corrected chi connectivity index (χ3v) is 5.41. The number of benzene rings is 3. The first-order valence-corrected chi connectivity index (χ1v) is 9.95. The van der Waals surface area contributed by atoms with E-state index in [4.69, 9.17) is 0 Å². The van der Waals surface area contributed by atoms with Gasteiger partial charge in [-0.2, -0.15) is 5.21 Å². The lowest BCUT2D eigenvalue weighted by Gasteiger charge is -2.16. The summed E-state index contributed by atoms with van der Waals surface area (Å²) in [5.74, 6) is 0.223. The number of aromatic carboxylic acids is 1. The second-order valence-corrected chi connectivity index (χ2v) is 7.23. The number of aromatic nitrogens is 6. The number of nitrogens with zero attached hydrogens (tertiary/aromatic N) is 5. The molecule has 2 aromatic heterocycles. The highest BCUT2D eigenvalue weighted by Gasteiger charge is 2.19. The minimum absolute atomic E-state index is 0.209. The summed E-state index contributed by atoms with van der Waals surface area (Å²) < 4.78 is 1.87. The van der Waals surface area contributed by atoms with Crippen LogP contribution in [0.3, 0.4) is 0 Å². The van der Waals surface area contributed by atoms with Gasteiger partial charge in [-0.25, -0.2) is 9.78 Å². The molecule has 0 aliphatic carbocycles. The van der Waals surface area contributed by atoms with Gasteiger partial charge in [0.05, 0.1) is 16.6 Å². The number of tetrazole rings is 1. The number of nitrogens with one attached hydrogen (secondary N) is 2. The fraction of sp³-hybridized carbons (Fsp3) is 0.0870. The number of carboxylic acids is 1. The number of para-hydroxylation sites is 1. The van der Waals surface area contributed by atoms with E-state index < -0.39 is 5.97 Å². The number of carboxylic acid groups (broad SMARTS) is 1. The van der Waals surface area contributed by atoms with Gasteiger partial charge in [-0.1, -0.05) is 36.4 Å². The van der Waals surface area contributed by atoms with Gasteiger partial charge >= 0.3 is 5.97 Å². The van der Waals surface area contributed by atoms with Gasteiger partial charge in [-0.05, 0) is 42.0 Å². The molecule has 0 aliphatic rings. The molecule has 158 valence electrons. The third kappa shape index (κ3) is 3.07. The van der Waals surface area contributed by atoms with E-state index in [-0.39, 0.29) is 5.56 Å². The highest BCUT2D eigenvalue weighted by Crippen LogP contribution is 2.36. The zero-order valence-electron chi connectivity index (χ0n) is 17.4. The average Bonchev–Trinajstić information content (AvgIpc) is 3.45. The maximum absolute atomic E-state index is 11.8. The number of aromatic amines is 1. The van der Waals surface area contributed by atoms with E-state index in [1.54, 1.807) is 12.1 Å². The number of carbonyl (C=O) groups is 1. The zero-order valence-corrected chi connectivity index (χ0v) is 17.4. The van der Waals surface area contributed by atoms with Gasteiger partial charge in [0.2, 0.25) is 5.82 Å². The smallest absolute Gasteiger partial charge is 0.337 e. The van der Waals surface area contributed by atoms with Crippen molar-refractivity contribution in [3.8, 4) is 28.2 Å².